The molecular formula is C11H15N3OS. The van der Waals surface area contributed by atoms with Gasteiger partial charge in [-0.15, -0.1) is 11.8 Å². The number of nitrogens with one attached hydrogen (secondary N) is 2. The van der Waals surface area contributed by atoms with Crippen molar-refractivity contribution < 1.29 is 4.79 Å². The molecular weight excluding hydrogens is 222 g/mol. The van der Waals surface area contributed by atoms with E-state index in [1.165, 1.54) is 0 Å². The van der Waals surface area contributed by atoms with Crippen LogP contribution in [0.5, 0.6) is 0 Å². The molecule has 1 amide bonds. The van der Waals surface area contributed by atoms with Crippen molar-refractivity contribution in [2.45, 2.75) is 10.9 Å². The number of hydrogen-bond acceptors (Lipinski definition) is 4. The first-order valence-corrected chi connectivity index (χ1v) is 6.17. The summed E-state index contributed by atoms with van der Waals surface area (Å²) in [7, 11) is 1.88. The van der Waals surface area contributed by atoms with Crippen molar-refractivity contribution in [3.05, 3.63) is 23.8 Å². The molecule has 0 saturated heterocycles. The van der Waals surface area contributed by atoms with Crippen molar-refractivity contribution in [1.82, 2.24) is 5.32 Å². The molecule has 86 valence electrons. The molecule has 1 atom stereocenters. The van der Waals surface area contributed by atoms with Crippen molar-refractivity contribution in [3.8, 4) is 0 Å². The van der Waals surface area contributed by atoms with E-state index >= 15 is 0 Å². The standard InChI is InChI=1S/C11H15N3OS/c1-13-9(5-12)7-2-3-10-8(4-7)14-11(15)6-16-10/h2-4,9,13H,5-6,12H2,1H3,(H,14,15). The van der Waals surface area contributed by atoms with Crippen LogP contribution in [0.15, 0.2) is 23.1 Å². The minimum atomic E-state index is 0.0587. The summed E-state index contributed by atoms with van der Waals surface area (Å²) in [5.41, 5.74) is 7.66. The Hall–Kier alpha value is -1.04. The molecule has 4 N–H and O–H groups in total. The number of thioether (sulfide) groups is 1. The molecule has 16 heavy (non-hydrogen) atoms. The van der Waals surface area contributed by atoms with E-state index in [1.54, 1.807) is 11.8 Å². The van der Waals surface area contributed by atoms with Crippen LogP contribution in [0.3, 0.4) is 0 Å². The van der Waals surface area contributed by atoms with E-state index in [4.69, 9.17) is 5.73 Å². The van der Waals surface area contributed by atoms with Gasteiger partial charge in [-0.2, -0.15) is 0 Å². The number of rotatable bonds is 3. The summed E-state index contributed by atoms with van der Waals surface area (Å²) in [4.78, 5) is 12.4. The third-order valence-corrected chi connectivity index (χ3v) is 3.70. The first-order chi connectivity index (χ1) is 7.74. The summed E-state index contributed by atoms with van der Waals surface area (Å²) in [6, 6.07) is 6.22. The van der Waals surface area contributed by atoms with Gasteiger partial charge in [0.1, 0.15) is 0 Å². The van der Waals surface area contributed by atoms with Crippen LogP contribution in [0.25, 0.3) is 0 Å². The number of amides is 1. The van der Waals surface area contributed by atoms with Crippen molar-refractivity contribution in [3.63, 3.8) is 0 Å². The molecule has 2 rings (SSSR count). The summed E-state index contributed by atoms with van der Waals surface area (Å²) < 4.78 is 0. The molecule has 1 aliphatic rings. The quantitative estimate of drug-likeness (QED) is 0.732. The molecule has 0 radical (unpaired) electrons. The molecule has 0 aromatic heterocycles. The zero-order valence-corrected chi connectivity index (χ0v) is 9.93. The third kappa shape index (κ3) is 2.21. The van der Waals surface area contributed by atoms with Crippen LogP contribution in [0, 0.1) is 0 Å². The van der Waals surface area contributed by atoms with E-state index in [0.717, 1.165) is 16.1 Å². The van der Waals surface area contributed by atoms with E-state index in [1.807, 2.05) is 19.2 Å². The highest BCUT2D eigenvalue weighted by molar-refractivity contribution is 8.00. The van der Waals surface area contributed by atoms with Gasteiger partial charge in [-0.3, -0.25) is 4.79 Å². The molecule has 1 aromatic rings. The third-order valence-electron chi connectivity index (χ3n) is 2.62. The second kappa shape index (κ2) is 4.86. The summed E-state index contributed by atoms with van der Waals surface area (Å²) in [6.45, 7) is 0.538. The summed E-state index contributed by atoms with van der Waals surface area (Å²) in [5, 5.41) is 6.02. The SMILES string of the molecule is CNC(CN)c1ccc2c(c1)NC(=O)CS2. The minimum absolute atomic E-state index is 0.0587. The van der Waals surface area contributed by atoms with Crippen LogP contribution in [0.4, 0.5) is 5.69 Å². The fourth-order valence-corrected chi connectivity index (χ4v) is 2.53. The van der Waals surface area contributed by atoms with Crippen LogP contribution >= 0.6 is 11.8 Å². The van der Waals surface area contributed by atoms with Gasteiger partial charge in [0.2, 0.25) is 5.91 Å². The maximum Gasteiger partial charge on any atom is 0.234 e. The van der Waals surface area contributed by atoms with E-state index in [2.05, 4.69) is 16.7 Å². The molecule has 4 nitrogen and oxygen atoms in total. The van der Waals surface area contributed by atoms with E-state index in [9.17, 15) is 4.79 Å². The molecule has 1 heterocycles. The monoisotopic (exact) mass is 237 g/mol. The molecule has 0 saturated carbocycles. The van der Waals surface area contributed by atoms with E-state index in [0.29, 0.717) is 12.3 Å². The molecule has 1 aliphatic heterocycles. The lowest BCUT2D eigenvalue weighted by Gasteiger charge is -2.20. The normalized spacial score (nSPS) is 16.5. The zero-order chi connectivity index (χ0) is 11.5. The molecule has 0 bridgehead atoms. The van der Waals surface area contributed by atoms with Gasteiger partial charge in [-0.25, -0.2) is 0 Å². The first-order valence-electron chi connectivity index (χ1n) is 5.18. The maximum atomic E-state index is 11.3. The van der Waals surface area contributed by atoms with Crippen LogP contribution < -0.4 is 16.4 Å². The number of carbonyl (C=O) groups is 1. The number of fused-ring (bicyclic) bond motifs is 1. The van der Waals surface area contributed by atoms with Gasteiger partial charge in [0.15, 0.2) is 0 Å². The molecule has 0 spiro atoms. The van der Waals surface area contributed by atoms with E-state index in [-0.39, 0.29) is 11.9 Å². The van der Waals surface area contributed by atoms with Crippen LogP contribution in [0.1, 0.15) is 11.6 Å². The fraction of sp³-hybridized carbons (Fsp3) is 0.364. The summed E-state index contributed by atoms with van der Waals surface area (Å²) in [6.07, 6.45) is 0. The lowest BCUT2D eigenvalue weighted by Crippen LogP contribution is -2.25. The number of benzene rings is 1. The zero-order valence-electron chi connectivity index (χ0n) is 9.12. The van der Waals surface area contributed by atoms with Gasteiger partial charge >= 0.3 is 0 Å². The smallest absolute Gasteiger partial charge is 0.234 e. The van der Waals surface area contributed by atoms with Gasteiger partial charge in [-0.05, 0) is 24.7 Å². The lowest BCUT2D eigenvalue weighted by atomic mass is 10.1. The second-order valence-corrected chi connectivity index (χ2v) is 4.69. The average Bonchev–Trinajstić information content (AvgIpc) is 2.30. The maximum absolute atomic E-state index is 11.3. The highest BCUT2D eigenvalue weighted by atomic mass is 32.2. The van der Waals surface area contributed by atoms with Gasteiger partial charge in [-0.1, -0.05) is 6.07 Å². The van der Waals surface area contributed by atoms with Crippen molar-refractivity contribution in [1.29, 1.82) is 0 Å². The summed E-state index contributed by atoms with van der Waals surface area (Å²) in [5.74, 6) is 0.557. The Morgan fingerprint density at radius 3 is 3.12 bits per heavy atom. The number of carbonyl (C=O) groups excluding carboxylic acids is 1. The van der Waals surface area contributed by atoms with Crippen LogP contribution in [0.2, 0.25) is 0 Å². The Labute approximate surface area is 99.0 Å². The number of hydrogen-bond donors (Lipinski definition) is 3. The lowest BCUT2D eigenvalue weighted by molar-refractivity contribution is -0.113. The second-order valence-electron chi connectivity index (χ2n) is 3.67. The first kappa shape index (κ1) is 11.4. The van der Waals surface area contributed by atoms with Gasteiger partial charge in [0.25, 0.3) is 0 Å². The van der Waals surface area contributed by atoms with Crippen molar-refractivity contribution in [2.75, 3.05) is 24.7 Å². The Morgan fingerprint density at radius 2 is 2.44 bits per heavy atom. The fourth-order valence-electron chi connectivity index (χ4n) is 1.74. The number of nitrogens with two attached hydrogens (primary N) is 1. The number of anilines is 1. The molecule has 0 fully saturated rings. The predicted molar refractivity (Wildman–Crippen MR) is 66.7 cm³/mol. The summed E-state index contributed by atoms with van der Waals surface area (Å²) >= 11 is 1.57. The van der Waals surface area contributed by atoms with Gasteiger partial charge in [0, 0.05) is 17.5 Å². The minimum Gasteiger partial charge on any atom is -0.329 e. The largest absolute Gasteiger partial charge is 0.329 e. The van der Waals surface area contributed by atoms with Gasteiger partial charge < -0.3 is 16.4 Å². The molecule has 1 unspecified atom stereocenters. The van der Waals surface area contributed by atoms with Crippen LogP contribution in [-0.4, -0.2) is 25.3 Å². The molecule has 0 aliphatic carbocycles. The van der Waals surface area contributed by atoms with Crippen molar-refractivity contribution >= 4 is 23.4 Å². The van der Waals surface area contributed by atoms with Crippen molar-refractivity contribution in [2.24, 2.45) is 5.73 Å². The average molecular weight is 237 g/mol. The Bertz CT molecular complexity index is 404. The Morgan fingerprint density at radius 1 is 1.62 bits per heavy atom. The van der Waals surface area contributed by atoms with Gasteiger partial charge in [0.05, 0.1) is 11.4 Å². The Balaban J connectivity index is 2.30. The topological polar surface area (TPSA) is 67.2 Å². The highest BCUT2D eigenvalue weighted by Gasteiger charge is 2.17. The number of likely N-dealkylation sites (N-methyl/N-ethyl adjacent to an activating group) is 1. The highest BCUT2D eigenvalue weighted by Crippen LogP contribution is 2.33. The van der Waals surface area contributed by atoms with Crippen LogP contribution in [-0.2, 0) is 4.79 Å². The molecule has 1 aromatic carbocycles. The predicted octanol–water partition coefficient (Wildman–Crippen LogP) is 0.950. The Kier molecular flexibility index (Phi) is 3.48. The van der Waals surface area contributed by atoms with E-state index < -0.39 is 0 Å². The molecule has 5 heteroatoms.